The molecule has 2 aromatic carbocycles. The first kappa shape index (κ1) is 20.4. The highest BCUT2D eigenvalue weighted by atomic mass is 16.5. The first-order valence-electron chi connectivity index (χ1n) is 9.72. The van der Waals surface area contributed by atoms with Crippen LogP contribution in [0.1, 0.15) is 32.8 Å². The van der Waals surface area contributed by atoms with Crippen molar-refractivity contribution in [3.63, 3.8) is 0 Å². The summed E-state index contributed by atoms with van der Waals surface area (Å²) in [5, 5.41) is 6.21. The van der Waals surface area contributed by atoms with Crippen LogP contribution in [0.15, 0.2) is 72.9 Å². The van der Waals surface area contributed by atoms with Gasteiger partial charge in [-0.05, 0) is 41.3 Å². The smallest absolute Gasteiger partial charge is 0.227 e. The van der Waals surface area contributed by atoms with E-state index < -0.39 is 0 Å². The minimum absolute atomic E-state index is 0.0271. The van der Waals surface area contributed by atoms with E-state index in [1.54, 1.807) is 6.20 Å². The predicted octanol–water partition coefficient (Wildman–Crippen LogP) is 5.53. The van der Waals surface area contributed by atoms with Crippen LogP contribution < -0.4 is 15.4 Å². The molecule has 1 aromatic heterocycles. The van der Waals surface area contributed by atoms with E-state index in [9.17, 15) is 4.79 Å². The Morgan fingerprint density at radius 2 is 1.69 bits per heavy atom. The monoisotopic (exact) mass is 389 g/mol. The van der Waals surface area contributed by atoms with Crippen LogP contribution in [0, 0.1) is 0 Å². The normalized spacial score (nSPS) is 11.0. The number of nitrogens with one attached hydrogen (secondary N) is 2. The summed E-state index contributed by atoms with van der Waals surface area (Å²) in [7, 11) is 0. The molecule has 0 aliphatic rings. The van der Waals surface area contributed by atoms with Crippen LogP contribution >= 0.6 is 0 Å². The summed E-state index contributed by atoms with van der Waals surface area (Å²) in [5.41, 5.74) is 2.93. The predicted molar refractivity (Wildman–Crippen MR) is 118 cm³/mol. The third-order valence-electron chi connectivity index (χ3n) is 4.39. The second-order valence-electron chi connectivity index (χ2n) is 7.81. The molecule has 3 aromatic rings. The van der Waals surface area contributed by atoms with Crippen molar-refractivity contribution in [2.24, 2.45) is 0 Å². The molecule has 0 atom stereocenters. The molecule has 29 heavy (non-hydrogen) atoms. The highest BCUT2D eigenvalue weighted by Crippen LogP contribution is 2.30. The molecular weight excluding hydrogens is 362 g/mol. The number of para-hydroxylation sites is 2. The highest BCUT2D eigenvalue weighted by Gasteiger charge is 2.17. The fraction of sp³-hybridized carbons (Fsp3) is 0.250. The number of hydrogen-bond donors (Lipinski definition) is 2. The van der Waals surface area contributed by atoms with Gasteiger partial charge in [-0.25, -0.2) is 4.98 Å². The maximum absolute atomic E-state index is 12.1. The van der Waals surface area contributed by atoms with E-state index in [4.69, 9.17) is 4.74 Å². The second-order valence-corrected chi connectivity index (χ2v) is 7.81. The Kier molecular flexibility index (Phi) is 6.50. The van der Waals surface area contributed by atoms with Crippen LogP contribution in [0.4, 0.5) is 17.2 Å². The summed E-state index contributed by atoms with van der Waals surface area (Å²) in [6.45, 7) is 6.87. The van der Waals surface area contributed by atoms with Crippen molar-refractivity contribution in [2.75, 3.05) is 17.2 Å². The minimum atomic E-state index is -0.110. The largest absolute Gasteiger partial charge is 0.493 e. The van der Waals surface area contributed by atoms with Gasteiger partial charge in [-0.15, -0.1) is 0 Å². The molecule has 0 spiro atoms. The number of anilines is 3. The van der Waals surface area contributed by atoms with Crippen LogP contribution in [0.3, 0.4) is 0 Å². The van der Waals surface area contributed by atoms with E-state index >= 15 is 0 Å². The molecule has 0 bridgehead atoms. The van der Waals surface area contributed by atoms with E-state index in [1.165, 1.54) is 5.56 Å². The minimum Gasteiger partial charge on any atom is -0.493 e. The Bertz CT molecular complexity index is 932. The van der Waals surface area contributed by atoms with Gasteiger partial charge < -0.3 is 15.4 Å². The first-order chi connectivity index (χ1) is 13.9. The first-order valence-corrected chi connectivity index (χ1v) is 9.72. The van der Waals surface area contributed by atoms with Crippen molar-refractivity contribution in [1.29, 1.82) is 0 Å². The lowest BCUT2D eigenvalue weighted by atomic mass is 9.86. The van der Waals surface area contributed by atoms with E-state index in [0.29, 0.717) is 12.3 Å². The van der Waals surface area contributed by atoms with Gasteiger partial charge in [0.2, 0.25) is 5.91 Å². The molecule has 0 radical (unpaired) electrons. The van der Waals surface area contributed by atoms with Gasteiger partial charge in [-0.3, -0.25) is 4.79 Å². The van der Waals surface area contributed by atoms with Crippen LogP contribution in [0.2, 0.25) is 0 Å². The lowest BCUT2D eigenvalue weighted by molar-refractivity contribution is -0.116. The van der Waals surface area contributed by atoms with Crippen molar-refractivity contribution in [3.8, 4) is 5.75 Å². The summed E-state index contributed by atoms with van der Waals surface area (Å²) in [6, 6.07) is 21.4. The number of nitrogens with zero attached hydrogens (tertiary/aromatic N) is 1. The Morgan fingerprint density at radius 1 is 0.966 bits per heavy atom. The molecule has 1 amide bonds. The summed E-state index contributed by atoms with van der Waals surface area (Å²) in [5.74, 6) is 1.38. The molecule has 2 N–H and O–H groups in total. The van der Waals surface area contributed by atoms with Crippen LogP contribution in [-0.4, -0.2) is 17.5 Å². The van der Waals surface area contributed by atoms with Crippen molar-refractivity contribution < 1.29 is 9.53 Å². The summed E-state index contributed by atoms with van der Waals surface area (Å²) < 4.78 is 5.55. The number of rotatable bonds is 7. The molecule has 0 saturated heterocycles. The zero-order chi connectivity index (χ0) is 20.7. The quantitative estimate of drug-likeness (QED) is 0.558. The Hall–Kier alpha value is -3.34. The lowest BCUT2D eigenvalue weighted by Gasteiger charge is -2.23. The van der Waals surface area contributed by atoms with E-state index in [2.05, 4.69) is 42.5 Å². The Labute approximate surface area is 172 Å². The molecule has 0 saturated carbocycles. The molecule has 5 heteroatoms. The van der Waals surface area contributed by atoms with Gasteiger partial charge in [0, 0.05) is 5.69 Å². The zero-order valence-corrected chi connectivity index (χ0v) is 17.1. The van der Waals surface area contributed by atoms with E-state index in [1.807, 2.05) is 60.7 Å². The molecule has 0 aliphatic heterocycles. The number of aromatic nitrogens is 1. The topological polar surface area (TPSA) is 63.2 Å². The van der Waals surface area contributed by atoms with E-state index in [0.717, 1.165) is 17.3 Å². The number of carbonyl (C=O) groups excluding carboxylic acids is 1. The fourth-order valence-corrected chi connectivity index (χ4v) is 2.93. The fourth-order valence-electron chi connectivity index (χ4n) is 2.93. The lowest BCUT2D eigenvalue weighted by Crippen LogP contribution is -2.15. The van der Waals surface area contributed by atoms with Gasteiger partial charge in [0.05, 0.1) is 24.9 Å². The number of amides is 1. The van der Waals surface area contributed by atoms with Crippen LogP contribution in [0.25, 0.3) is 0 Å². The molecular formula is C24H27N3O2. The Morgan fingerprint density at radius 3 is 2.38 bits per heavy atom. The van der Waals surface area contributed by atoms with Gasteiger partial charge in [0.1, 0.15) is 11.6 Å². The van der Waals surface area contributed by atoms with E-state index in [-0.39, 0.29) is 17.7 Å². The average molecular weight is 389 g/mol. The molecule has 1 heterocycles. The molecule has 0 aliphatic carbocycles. The highest BCUT2D eigenvalue weighted by molar-refractivity contribution is 5.90. The number of pyridine rings is 1. The van der Waals surface area contributed by atoms with Gasteiger partial charge in [0.25, 0.3) is 0 Å². The zero-order valence-electron chi connectivity index (χ0n) is 17.1. The molecule has 3 rings (SSSR count). The number of carbonyl (C=O) groups is 1. The SMILES string of the molecule is CC(C)(C)c1ccccc1Nc1ccc(NC(=O)CCOc2ccccc2)cn1. The van der Waals surface area contributed by atoms with Crippen molar-refractivity contribution in [2.45, 2.75) is 32.6 Å². The maximum Gasteiger partial charge on any atom is 0.227 e. The van der Waals surface area contributed by atoms with Gasteiger partial charge >= 0.3 is 0 Å². The second kappa shape index (κ2) is 9.24. The summed E-state index contributed by atoms with van der Waals surface area (Å²) in [4.78, 5) is 16.5. The molecule has 0 unspecified atom stereocenters. The molecule has 0 fully saturated rings. The summed E-state index contributed by atoms with van der Waals surface area (Å²) in [6.07, 6.45) is 1.92. The molecule has 150 valence electrons. The molecule has 5 nitrogen and oxygen atoms in total. The number of benzene rings is 2. The number of ether oxygens (including phenoxy) is 1. The van der Waals surface area contributed by atoms with Gasteiger partial charge in [0.15, 0.2) is 0 Å². The van der Waals surface area contributed by atoms with Crippen LogP contribution in [-0.2, 0) is 10.2 Å². The van der Waals surface area contributed by atoms with Crippen molar-refractivity contribution >= 4 is 23.1 Å². The summed E-state index contributed by atoms with van der Waals surface area (Å²) >= 11 is 0. The van der Waals surface area contributed by atoms with Gasteiger partial charge in [-0.1, -0.05) is 57.2 Å². The van der Waals surface area contributed by atoms with Crippen molar-refractivity contribution in [3.05, 3.63) is 78.5 Å². The van der Waals surface area contributed by atoms with Crippen molar-refractivity contribution in [1.82, 2.24) is 4.98 Å². The third-order valence-corrected chi connectivity index (χ3v) is 4.39. The van der Waals surface area contributed by atoms with Crippen LogP contribution in [0.5, 0.6) is 5.75 Å². The Balaban J connectivity index is 1.53. The maximum atomic E-state index is 12.1. The average Bonchev–Trinajstić information content (AvgIpc) is 2.70. The number of hydrogen-bond acceptors (Lipinski definition) is 4. The standard InChI is InChI=1S/C24H27N3O2/c1-24(2,3)20-11-7-8-12-21(20)27-22-14-13-18(17-25-22)26-23(28)15-16-29-19-9-5-4-6-10-19/h4-14,17H,15-16H2,1-3H3,(H,25,27)(H,26,28). The van der Waals surface area contributed by atoms with Gasteiger partial charge in [-0.2, -0.15) is 0 Å². The third kappa shape index (κ3) is 6.07.